The lowest BCUT2D eigenvalue weighted by molar-refractivity contribution is 0.0993. The van der Waals surface area contributed by atoms with Crippen LogP contribution in [0.15, 0.2) is 12.1 Å². The van der Waals surface area contributed by atoms with E-state index in [-0.39, 0.29) is 21.4 Å². The van der Waals surface area contributed by atoms with E-state index in [9.17, 15) is 4.79 Å². The molecule has 0 radical (unpaired) electrons. The summed E-state index contributed by atoms with van der Waals surface area (Å²) in [6, 6.07) is 2.91. The molecular weight excluding hydrogens is 317 g/mol. The van der Waals surface area contributed by atoms with Crippen LogP contribution in [0, 0.1) is 0 Å². The Labute approximate surface area is 117 Å². The van der Waals surface area contributed by atoms with Crippen molar-refractivity contribution in [1.29, 1.82) is 0 Å². The number of benzene rings is 1. The first kappa shape index (κ1) is 14.2. The van der Waals surface area contributed by atoms with Gasteiger partial charge < -0.3 is 4.74 Å². The summed E-state index contributed by atoms with van der Waals surface area (Å²) in [4.78, 5) is 11.8. The highest BCUT2D eigenvalue weighted by Crippen LogP contribution is 2.40. The van der Waals surface area contributed by atoms with E-state index in [1.54, 1.807) is 0 Å². The maximum Gasteiger partial charge on any atom is 0.253 e. The molecule has 0 heterocycles. The number of carbonyl (C=O) groups is 1. The number of halogens is 5. The molecule has 0 unspecified atom stereocenters. The minimum absolute atomic E-state index is 0.0448. The van der Waals surface area contributed by atoms with Gasteiger partial charge in [-0.1, -0.05) is 58.0 Å². The van der Waals surface area contributed by atoms with Crippen molar-refractivity contribution in [2.75, 3.05) is 7.11 Å². The second-order valence-electron chi connectivity index (χ2n) is 2.76. The Kier molecular flexibility index (Phi) is 4.61. The molecule has 1 aromatic carbocycles. The van der Waals surface area contributed by atoms with Crippen molar-refractivity contribution in [3.8, 4) is 5.75 Å². The Hall–Kier alpha value is 0.140. The highest BCUT2D eigenvalue weighted by atomic mass is 35.6. The van der Waals surface area contributed by atoms with Crippen molar-refractivity contribution in [3.05, 3.63) is 27.7 Å². The Balaban J connectivity index is 3.43. The number of rotatable bonds is 2. The van der Waals surface area contributed by atoms with Crippen LogP contribution in [-0.2, 0) is 0 Å². The lowest BCUT2D eigenvalue weighted by Gasteiger charge is -2.15. The average molecular weight is 322 g/mol. The number of methoxy groups -OCH3 is 1. The van der Waals surface area contributed by atoms with Crippen molar-refractivity contribution in [3.63, 3.8) is 0 Å². The SMILES string of the molecule is COc1c(Cl)ccc(Cl)c1C(=O)C(Cl)(Cl)Cl. The van der Waals surface area contributed by atoms with E-state index in [0.717, 1.165) is 0 Å². The topological polar surface area (TPSA) is 26.3 Å². The van der Waals surface area contributed by atoms with Gasteiger partial charge in [-0.2, -0.15) is 0 Å². The third-order valence-corrected chi connectivity index (χ3v) is 2.87. The molecule has 0 fully saturated rings. The molecule has 0 amide bonds. The number of ketones is 1. The van der Waals surface area contributed by atoms with Crippen LogP contribution in [0.4, 0.5) is 0 Å². The van der Waals surface area contributed by atoms with Gasteiger partial charge in [0.2, 0.25) is 5.78 Å². The van der Waals surface area contributed by atoms with E-state index in [1.165, 1.54) is 19.2 Å². The summed E-state index contributed by atoms with van der Waals surface area (Å²) in [5.74, 6) is -0.702. The van der Waals surface area contributed by atoms with E-state index in [1.807, 2.05) is 0 Å². The summed E-state index contributed by atoms with van der Waals surface area (Å²) in [7, 11) is 1.34. The predicted molar refractivity (Wildman–Crippen MR) is 67.6 cm³/mol. The van der Waals surface area contributed by atoms with Gasteiger partial charge in [-0.05, 0) is 12.1 Å². The van der Waals surface area contributed by atoms with Crippen LogP contribution in [0.25, 0.3) is 0 Å². The van der Waals surface area contributed by atoms with Crippen LogP contribution >= 0.6 is 58.0 Å². The zero-order chi connectivity index (χ0) is 12.5. The van der Waals surface area contributed by atoms with Crippen molar-refractivity contribution in [1.82, 2.24) is 0 Å². The molecule has 0 aliphatic rings. The minimum atomic E-state index is -2.11. The lowest BCUT2D eigenvalue weighted by atomic mass is 10.1. The predicted octanol–water partition coefficient (Wildman–Crippen LogP) is 4.55. The first-order valence-electron chi connectivity index (χ1n) is 3.92. The monoisotopic (exact) mass is 320 g/mol. The standard InChI is InChI=1S/C9H5Cl5O2/c1-16-7-5(11)3-2-4(10)6(7)8(15)9(12,13)14/h2-3H,1H3. The van der Waals surface area contributed by atoms with Crippen molar-refractivity contribution < 1.29 is 9.53 Å². The molecule has 0 spiro atoms. The number of ether oxygens (including phenoxy) is 1. The molecule has 0 aliphatic carbocycles. The Morgan fingerprint density at radius 2 is 1.69 bits per heavy atom. The molecule has 0 aromatic heterocycles. The largest absolute Gasteiger partial charge is 0.494 e. The number of hydrogen-bond acceptors (Lipinski definition) is 2. The average Bonchev–Trinajstić information content (AvgIpc) is 2.18. The quantitative estimate of drug-likeness (QED) is 0.589. The molecule has 7 heteroatoms. The van der Waals surface area contributed by atoms with E-state index in [2.05, 4.69) is 0 Å². The van der Waals surface area contributed by atoms with Gasteiger partial charge in [0.25, 0.3) is 3.79 Å². The van der Waals surface area contributed by atoms with Gasteiger partial charge in [-0.3, -0.25) is 4.79 Å². The van der Waals surface area contributed by atoms with Crippen LogP contribution in [-0.4, -0.2) is 16.7 Å². The van der Waals surface area contributed by atoms with Crippen molar-refractivity contribution in [2.24, 2.45) is 0 Å². The molecule has 0 saturated heterocycles. The van der Waals surface area contributed by atoms with Crippen LogP contribution < -0.4 is 4.74 Å². The van der Waals surface area contributed by atoms with Gasteiger partial charge in [-0.15, -0.1) is 0 Å². The number of carbonyl (C=O) groups excluding carboxylic acids is 1. The van der Waals surface area contributed by atoms with E-state index in [0.29, 0.717) is 0 Å². The summed E-state index contributed by atoms with van der Waals surface area (Å²) in [6.45, 7) is 0. The number of alkyl halides is 3. The van der Waals surface area contributed by atoms with Crippen LogP contribution in [0.1, 0.15) is 10.4 Å². The van der Waals surface area contributed by atoms with Crippen LogP contribution in [0.2, 0.25) is 10.0 Å². The number of hydrogen-bond donors (Lipinski definition) is 0. The zero-order valence-electron chi connectivity index (χ0n) is 7.86. The molecule has 0 saturated carbocycles. The smallest absolute Gasteiger partial charge is 0.253 e. The molecule has 1 aromatic rings. The second-order valence-corrected chi connectivity index (χ2v) is 5.86. The molecule has 0 atom stereocenters. The van der Waals surface area contributed by atoms with Gasteiger partial charge in [0.05, 0.1) is 22.7 Å². The third-order valence-electron chi connectivity index (χ3n) is 1.75. The molecule has 1 rings (SSSR count). The molecule has 16 heavy (non-hydrogen) atoms. The molecular formula is C9H5Cl5O2. The van der Waals surface area contributed by atoms with Gasteiger partial charge >= 0.3 is 0 Å². The van der Waals surface area contributed by atoms with E-state index in [4.69, 9.17) is 62.7 Å². The lowest BCUT2D eigenvalue weighted by Crippen LogP contribution is -2.20. The summed E-state index contributed by atoms with van der Waals surface area (Å²) in [5.41, 5.74) is -0.0448. The van der Waals surface area contributed by atoms with Crippen LogP contribution in [0.3, 0.4) is 0 Å². The molecule has 88 valence electrons. The zero-order valence-corrected chi connectivity index (χ0v) is 11.6. The summed E-state index contributed by atoms with van der Waals surface area (Å²) >= 11 is 28.2. The Morgan fingerprint density at radius 3 is 2.12 bits per heavy atom. The van der Waals surface area contributed by atoms with Crippen LogP contribution in [0.5, 0.6) is 5.75 Å². The van der Waals surface area contributed by atoms with E-state index < -0.39 is 9.58 Å². The first-order chi connectivity index (χ1) is 7.29. The van der Waals surface area contributed by atoms with Gasteiger partial charge in [0.1, 0.15) is 5.75 Å². The molecule has 0 aliphatic heterocycles. The molecule has 0 N–H and O–H groups in total. The molecule has 2 nitrogen and oxygen atoms in total. The van der Waals surface area contributed by atoms with Gasteiger partial charge in [-0.25, -0.2) is 0 Å². The van der Waals surface area contributed by atoms with Gasteiger partial charge in [0.15, 0.2) is 0 Å². The van der Waals surface area contributed by atoms with E-state index >= 15 is 0 Å². The molecule has 0 bridgehead atoms. The summed E-state index contributed by atoms with van der Waals surface area (Å²) < 4.78 is 2.85. The highest BCUT2D eigenvalue weighted by molar-refractivity contribution is 6.77. The van der Waals surface area contributed by atoms with Crippen molar-refractivity contribution in [2.45, 2.75) is 3.79 Å². The fraction of sp³-hybridized carbons (Fsp3) is 0.222. The first-order valence-corrected chi connectivity index (χ1v) is 5.81. The fourth-order valence-electron chi connectivity index (χ4n) is 1.09. The normalized spacial score (nSPS) is 11.4. The maximum absolute atomic E-state index is 11.8. The second kappa shape index (κ2) is 5.19. The minimum Gasteiger partial charge on any atom is -0.494 e. The summed E-state index contributed by atoms with van der Waals surface area (Å²) in [5, 5.41) is 0.321. The highest BCUT2D eigenvalue weighted by Gasteiger charge is 2.35. The summed E-state index contributed by atoms with van der Waals surface area (Å²) in [6.07, 6.45) is 0. The van der Waals surface area contributed by atoms with Crippen molar-refractivity contribution >= 4 is 63.8 Å². The fourth-order valence-corrected chi connectivity index (χ4v) is 1.84. The third kappa shape index (κ3) is 2.88. The maximum atomic E-state index is 11.8. The Bertz CT molecular complexity index is 425. The Morgan fingerprint density at radius 1 is 1.19 bits per heavy atom. The number of Topliss-reactive ketones (excluding diaryl/α,β-unsaturated/α-hetero) is 1. The van der Waals surface area contributed by atoms with Gasteiger partial charge in [0, 0.05) is 0 Å².